The van der Waals surface area contributed by atoms with Gasteiger partial charge < -0.3 is 10.4 Å². The molecular formula is C20H15Br2NO3. The maximum atomic E-state index is 12.6. The molecule has 132 valence electrons. The van der Waals surface area contributed by atoms with Gasteiger partial charge in [0.2, 0.25) is 0 Å². The molecule has 3 rings (SSSR count). The number of allylic oxidation sites excluding steroid dienone is 1. The lowest BCUT2D eigenvalue weighted by Crippen LogP contribution is -2.17. The quantitative estimate of drug-likeness (QED) is 0.596. The van der Waals surface area contributed by atoms with Gasteiger partial charge in [-0.25, -0.2) is 0 Å². The number of rotatable bonds is 5. The lowest BCUT2D eigenvalue weighted by Gasteiger charge is -2.09. The van der Waals surface area contributed by atoms with Crippen LogP contribution in [0.1, 0.15) is 24.0 Å². The predicted molar refractivity (Wildman–Crippen MR) is 108 cm³/mol. The van der Waals surface area contributed by atoms with E-state index < -0.39 is 5.97 Å². The van der Waals surface area contributed by atoms with E-state index in [1.807, 2.05) is 48.5 Å². The maximum Gasteiger partial charge on any atom is 0.303 e. The van der Waals surface area contributed by atoms with Crippen LogP contribution in [-0.4, -0.2) is 17.0 Å². The minimum absolute atomic E-state index is 0.0381. The minimum atomic E-state index is -0.893. The number of hydrogen-bond donors (Lipinski definition) is 2. The normalized spacial score (nSPS) is 15.5. The number of carbonyl (C=O) groups excluding carboxylic acids is 1. The molecule has 0 unspecified atom stereocenters. The molecule has 26 heavy (non-hydrogen) atoms. The van der Waals surface area contributed by atoms with Gasteiger partial charge in [-0.1, -0.05) is 56.1 Å². The number of aliphatic carboxylic acids is 1. The number of carbonyl (C=O) groups is 2. The molecule has 0 fully saturated rings. The highest BCUT2D eigenvalue weighted by Crippen LogP contribution is 2.31. The number of carboxylic acids is 1. The molecule has 0 aromatic heterocycles. The highest BCUT2D eigenvalue weighted by molar-refractivity contribution is 9.10. The predicted octanol–water partition coefficient (Wildman–Crippen LogP) is 5.00. The summed E-state index contributed by atoms with van der Waals surface area (Å²) in [7, 11) is 0. The molecule has 2 N–H and O–H groups in total. The summed E-state index contributed by atoms with van der Waals surface area (Å²) >= 11 is 6.79. The summed E-state index contributed by atoms with van der Waals surface area (Å²) in [6, 6.07) is 15.2. The Morgan fingerprint density at radius 2 is 1.50 bits per heavy atom. The Hall–Kier alpha value is -2.18. The highest BCUT2D eigenvalue weighted by Gasteiger charge is 2.23. The van der Waals surface area contributed by atoms with Gasteiger partial charge in [-0.2, -0.15) is 0 Å². The average molecular weight is 477 g/mol. The first-order chi connectivity index (χ1) is 12.4. The SMILES string of the molecule is O=C(O)CC/C(=C1/C=C(c2ccc(Br)cc2)NC1=O)c1ccc(Br)cc1. The fraction of sp³-hybridized carbons (Fsp3) is 0.100. The Morgan fingerprint density at radius 3 is 2.08 bits per heavy atom. The van der Waals surface area contributed by atoms with Crippen LogP contribution in [-0.2, 0) is 9.59 Å². The molecule has 2 aromatic rings. The standard InChI is InChI=1S/C20H15Br2NO3/c21-14-5-1-12(2-6-14)16(9-10-19(24)25)17-11-18(23-20(17)26)13-3-7-15(22)8-4-13/h1-8,11H,9-10H2,(H,23,26)(H,24,25)/b17-16+. The largest absolute Gasteiger partial charge is 0.481 e. The molecule has 0 radical (unpaired) electrons. The van der Waals surface area contributed by atoms with Gasteiger partial charge >= 0.3 is 5.97 Å². The third kappa shape index (κ3) is 4.31. The fourth-order valence-corrected chi connectivity index (χ4v) is 3.29. The summed E-state index contributed by atoms with van der Waals surface area (Å²) in [4.78, 5) is 23.6. The van der Waals surface area contributed by atoms with E-state index in [0.29, 0.717) is 11.3 Å². The number of benzene rings is 2. The molecule has 0 saturated carbocycles. The van der Waals surface area contributed by atoms with E-state index in [4.69, 9.17) is 5.11 Å². The summed E-state index contributed by atoms with van der Waals surface area (Å²) in [5.74, 6) is -1.11. The molecule has 0 aliphatic carbocycles. The van der Waals surface area contributed by atoms with E-state index in [0.717, 1.165) is 25.6 Å². The van der Waals surface area contributed by atoms with Crippen molar-refractivity contribution in [3.05, 3.63) is 80.3 Å². The van der Waals surface area contributed by atoms with Crippen LogP contribution in [0.4, 0.5) is 0 Å². The number of halogens is 2. The van der Waals surface area contributed by atoms with Gasteiger partial charge in [0.25, 0.3) is 5.91 Å². The van der Waals surface area contributed by atoms with E-state index in [-0.39, 0.29) is 18.7 Å². The van der Waals surface area contributed by atoms with Gasteiger partial charge in [-0.3, -0.25) is 9.59 Å². The molecule has 1 aliphatic heterocycles. The number of nitrogens with one attached hydrogen (secondary N) is 1. The maximum absolute atomic E-state index is 12.6. The molecule has 1 heterocycles. The molecule has 4 nitrogen and oxygen atoms in total. The summed E-state index contributed by atoms with van der Waals surface area (Å²) in [5.41, 5.74) is 3.68. The van der Waals surface area contributed by atoms with Crippen molar-refractivity contribution in [3.8, 4) is 0 Å². The number of hydrogen-bond acceptors (Lipinski definition) is 2. The zero-order valence-electron chi connectivity index (χ0n) is 13.6. The first-order valence-electron chi connectivity index (χ1n) is 7.94. The number of amides is 1. The van der Waals surface area contributed by atoms with Crippen LogP contribution in [0.3, 0.4) is 0 Å². The van der Waals surface area contributed by atoms with Crippen molar-refractivity contribution in [1.82, 2.24) is 5.32 Å². The van der Waals surface area contributed by atoms with Gasteiger partial charge in [-0.05, 0) is 53.5 Å². The zero-order valence-corrected chi connectivity index (χ0v) is 16.8. The third-order valence-corrected chi connectivity index (χ3v) is 5.10. The molecule has 0 spiro atoms. The first kappa shape index (κ1) is 18.6. The Morgan fingerprint density at radius 1 is 0.923 bits per heavy atom. The lowest BCUT2D eigenvalue weighted by atomic mass is 9.95. The second kappa shape index (κ2) is 8.01. The van der Waals surface area contributed by atoms with Crippen LogP contribution in [0.25, 0.3) is 11.3 Å². The van der Waals surface area contributed by atoms with E-state index >= 15 is 0 Å². The Bertz CT molecular complexity index is 913. The summed E-state index contributed by atoms with van der Waals surface area (Å²) in [6.45, 7) is 0. The molecule has 0 atom stereocenters. The minimum Gasteiger partial charge on any atom is -0.481 e. The van der Waals surface area contributed by atoms with Crippen LogP contribution in [0, 0.1) is 0 Å². The molecule has 0 bridgehead atoms. The molecule has 1 amide bonds. The van der Waals surface area contributed by atoms with Gasteiger partial charge in [0.15, 0.2) is 0 Å². The Balaban J connectivity index is 2.05. The Kier molecular flexibility index (Phi) is 5.74. The van der Waals surface area contributed by atoms with E-state index in [1.165, 1.54) is 0 Å². The van der Waals surface area contributed by atoms with E-state index in [2.05, 4.69) is 37.2 Å². The molecule has 1 aliphatic rings. The van der Waals surface area contributed by atoms with Crippen LogP contribution in [0.15, 0.2) is 69.1 Å². The summed E-state index contributed by atoms with van der Waals surface area (Å²) in [5, 5.41) is 11.9. The van der Waals surface area contributed by atoms with Crippen molar-refractivity contribution in [2.75, 3.05) is 0 Å². The monoisotopic (exact) mass is 475 g/mol. The van der Waals surface area contributed by atoms with Gasteiger partial charge in [0, 0.05) is 26.6 Å². The van der Waals surface area contributed by atoms with Gasteiger partial charge in [0.1, 0.15) is 0 Å². The van der Waals surface area contributed by atoms with Crippen molar-refractivity contribution in [2.45, 2.75) is 12.8 Å². The highest BCUT2D eigenvalue weighted by atomic mass is 79.9. The van der Waals surface area contributed by atoms with Crippen molar-refractivity contribution in [1.29, 1.82) is 0 Å². The second-order valence-corrected chi connectivity index (χ2v) is 7.64. The van der Waals surface area contributed by atoms with Crippen molar-refractivity contribution in [2.24, 2.45) is 0 Å². The fourth-order valence-electron chi connectivity index (χ4n) is 2.76. The third-order valence-electron chi connectivity index (χ3n) is 4.04. The van der Waals surface area contributed by atoms with Crippen molar-refractivity contribution < 1.29 is 14.7 Å². The smallest absolute Gasteiger partial charge is 0.303 e. The van der Waals surface area contributed by atoms with Crippen LogP contribution < -0.4 is 5.32 Å². The first-order valence-corrected chi connectivity index (χ1v) is 9.52. The van der Waals surface area contributed by atoms with Crippen molar-refractivity contribution in [3.63, 3.8) is 0 Å². The van der Waals surface area contributed by atoms with Gasteiger partial charge in [0.05, 0.1) is 0 Å². The molecule has 6 heteroatoms. The number of carboxylic acid groups (broad SMARTS) is 1. The lowest BCUT2D eigenvalue weighted by molar-refractivity contribution is -0.136. The van der Waals surface area contributed by atoms with Crippen LogP contribution >= 0.6 is 31.9 Å². The van der Waals surface area contributed by atoms with E-state index in [9.17, 15) is 9.59 Å². The zero-order chi connectivity index (χ0) is 18.7. The van der Waals surface area contributed by atoms with Gasteiger partial charge in [-0.15, -0.1) is 0 Å². The molecule has 0 saturated heterocycles. The van der Waals surface area contributed by atoms with E-state index in [1.54, 1.807) is 6.08 Å². The Labute approximate surface area is 167 Å². The van der Waals surface area contributed by atoms with Crippen LogP contribution in [0.2, 0.25) is 0 Å². The molecule has 2 aromatic carbocycles. The summed E-state index contributed by atoms with van der Waals surface area (Å²) < 4.78 is 1.88. The second-order valence-electron chi connectivity index (χ2n) is 5.81. The molecular weight excluding hydrogens is 462 g/mol. The van der Waals surface area contributed by atoms with Crippen LogP contribution in [0.5, 0.6) is 0 Å². The topological polar surface area (TPSA) is 66.4 Å². The average Bonchev–Trinajstić information content (AvgIpc) is 2.99. The van der Waals surface area contributed by atoms with Crippen molar-refractivity contribution >= 4 is 55.0 Å². The summed E-state index contributed by atoms with van der Waals surface area (Å²) in [6.07, 6.45) is 2.04.